The van der Waals surface area contributed by atoms with Crippen LogP contribution in [0.15, 0.2) is 6.07 Å². The number of nitrogens with zero attached hydrogens (tertiary/aromatic N) is 2. The molecule has 0 aliphatic heterocycles. The van der Waals surface area contributed by atoms with Crippen molar-refractivity contribution in [3.8, 4) is 0 Å². The van der Waals surface area contributed by atoms with Crippen molar-refractivity contribution in [2.75, 3.05) is 25.2 Å². The lowest BCUT2D eigenvalue weighted by Crippen LogP contribution is -2.39. The smallest absolute Gasteiger partial charge is 0.339 e. The highest BCUT2D eigenvalue weighted by molar-refractivity contribution is 5.95. The summed E-state index contributed by atoms with van der Waals surface area (Å²) in [5.74, 6) is 0.294. The van der Waals surface area contributed by atoms with Crippen molar-refractivity contribution in [1.29, 1.82) is 0 Å². The highest BCUT2D eigenvalue weighted by atomic mass is 16.5. The zero-order valence-electron chi connectivity index (χ0n) is 13.2. The van der Waals surface area contributed by atoms with Crippen molar-refractivity contribution < 1.29 is 14.6 Å². The molecule has 21 heavy (non-hydrogen) atoms. The number of anilines is 1. The maximum Gasteiger partial charge on any atom is 0.339 e. The third-order valence-electron chi connectivity index (χ3n) is 4.14. The zero-order chi connectivity index (χ0) is 15.6. The fourth-order valence-electron chi connectivity index (χ4n) is 2.81. The molecule has 0 saturated heterocycles. The molecule has 1 atom stereocenters. The molecular formula is C16H24N2O3. The van der Waals surface area contributed by atoms with E-state index in [1.165, 1.54) is 12.8 Å². The molecule has 0 spiro atoms. The van der Waals surface area contributed by atoms with E-state index in [2.05, 4.69) is 16.8 Å². The van der Waals surface area contributed by atoms with Gasteiger partial charge in [-0.05, 0) is 51.2 Å². The summed E-state index contributed by atoms with van der Waals surface area (Å²) in [6.45, 7) is 7.10. The first-order valence-electron chi connectivity index (χ1n) is 7.42. The molecule has 1 heterocycles. The van der Waals surface area contributed by atoms with Gasteiger partial charge >= 0.3 is 5.97 Å². The maximum atomic E-state index is 11.6. The monoisotopic (exact) mass is 292 g/mol. The van der Waals surface area contributed by atoms with Crippen LogP contribution in [0.1, 0.15) is 41.4 Å². The number of methoxy groups -OCH3 is 1. The number of pyridine rings is 1. The van der Waals surface area contributed by atoms with Crippen LogP contribution in [0.5, 0.6) is 0 Å². The van der Waals surface area contributed by atoms with Gasteiger partial charge in [-0.1, -0.05) is 0 Å². The number of rotatable bonds is 7. The summed E-state index contributed by atoms with van der Waals surface area (Å²) in [5.41, 5.74) is 1.91. The molecule has 116 valence electrons. The minimum atomic E-state index is -0.916. The highest BCUT2D eigenvalue weighted by Crippen LogP contribution is 2.37. The number of hydrogen-bond acceptors (Lipinski definition) is 4. The molecule has 0 radical (unpaired) electrons. The lowest BCUT2D eigenvalue weighted by molar-refractivity contribution is 0.0696. The average molecular weight is 292 g/mol. The summed E-state index contributed by atoms with van der Waals surface area (Å²) in [6.07, 6.45) is 2.41. The van der Waals surface area contributed by atoms with Crippen LogP contribution in [0.2, 0.25) is 0 Å². The molecule has 0 bridgehead atoms. The van der Waals surface area contributed by atoms with Crippen LogP contribution in [-0.4, -0.2) is 42.4 Å². The Morgan fingerprint density at radius 3 is 2.71 bits per heavy atom. The van der Waals surface area contributed by atoms with Crippen molar-refractivity contribution in [2.24, 2.45) is 5.92 Å². The van der Waals surface area contributed by atoms with Gasteiger partial charge in [-0.2, -0.15) is 0 Å². The largest absolute Gasteiger partial charge is 0.478 e. The number of aromatic nitrogens is 1. The van der Waals surface area contributed by atoms with Crippen LogP contribution in [0.3, 0.4) is 0 Å². The summed E-state index contributed by atoms with van der Waals surface area (Å²) in [6, 6.07) is 2.11. The number of ether oxygens (including phenoxy) is 1. The average Bonchev–Trinajstić information content (AvgIpc) is 3.21. The van der Waals surface area contributed by atoms with Crippen molar-refractivity contribution in [1.82, 2.24) is 4.98 Å². The van der Waals surface area contributed by atoms with E-state index in [1.807, 2.05) is 19.9 Å². The molecule has 1 fully saturated rings. The minimum absolute atomic E-state index is 0.284. The van der Waals surface area contributed by atoms with Gasteiger partial charge in [0.05, 0.1) is 6.61 Å². The Balaban J connectivity index is 2.44. The van der Waals surface area contributed by atoms with Gasteiger partial charge in [-0.25, -0.2) is 9.78 Å². The van der Waals surface area contributed by atoms with Crippen LogP contribution >= 0.6 is 0 Å². The Morgan fingerprint density at radius 2 is 2.19 bits per heavy atom. The van der Waals surface area contributed by atoms with Crippen molar-refractivity contribution >= 4 is 11.8 Å². The molecule has 1 N–H and O–H groups in total. The highest BCUT2D eigenvalue weighted by Gasteiger charge is 2.34. The van der Waals surface area contributed by atoms with Gasteiger partial charge in [0.2, 0.25) is 0 Å². The second-order valence-corrected chi connectivity index (χ2v) is 5.85. The molecule has 1 aliphatic carbocycles. The van der Waals surface area contributed by atoms with Crippen molar-refractivity contribution in [3.05, 3.63) is 22.9 Å². The van der Waals surface area contributed by atoms with Crippen LogP contribution in [0.4, 0.5) is 5.82 Å². The lowest BCUT2D eigenvalue weighted by Gasteiger charge is -2.32. The number of aryl methyl sites for hydroxylation is 2. The second kappa shape index (κ2) is 6.43. The second-order valence-electron chi connectivity index (χ2n) is 5.85. The Bertz CT molecular complexity index is 526. The van der Waals surface area contributed by atoms with Gasteiger partial charge in [-0.3, -0.25) is 0 Å². The Kier molecular flexibility index (Phi) is 4.83. The van der Waals surface area contributed by atoms with E-state index in [0.29, 0.717) is 30.5 Å². The molecule has 5 nitrogen and oxygen atoms in total. The van der Waals surface area contributed by atoms with E-state index >= 15 is 0 Å². The first-order chi connectivity index (χ1) is 9.95. The first kappa shape index (κ1) is 15.8. The van der Waals surface area contributed by atoms with Crippen molar-refractivity contribution in [2.45, 2.75) is 39.7 Å². The normalized spacial score (nSPS) is 15.8. The lowest BCUT2D eigenvalue weighted by atomic mass is 10.1. The third kappa shape index (κ3) is 3.53. The van der Waals surface area contributed by atoms with Gasteiger partial charge in [0, 0.05) is 25.4 Å². The summed E-state index contributed by atoms with van der Waals surface area (Å²) < 4.78 is 5.19. The van der Waals surface area contributed by atoms with E-state index in [0.717, 1.165) is 11.3 Å². The minimum Gasteiger partial charge on any atom is -0.478 e. The summed E-state index contributed by atoms with van der Waals surface area (Å²) in [5, 5.41) is 9.55. The molecule has 1 unspecified atom stereocenters. The zero-order valence-corrected chi connectivity index (χ0v) is 13.2. The molecule has 0 aromatic carbocycles. The van der Waals surface area contributed by atoms with Crippen LogP contribution in [-0.2, 0) is 4.74 Å². The maximum absolute atomic E-state index is 11.6. The number of carbonyl (C=O) groups is 1. The molecule has 0 amide bonds. The number of aromatic carboxylic acids is 1. The fraction of sp³-hybridized carbons (Fsp3) is 0.625. The summed E-state index contributed by atoms with van der Waals surface area (Å²) in [7, 11) is 1.66. The van der Waals surface area contributed by atoms with Crippen LogP contribution in [0, 0.1) is 19.8 Å². The Hall–Kier alpha value is -1.62. The quantitative estimate of drug-likeness (QED) is 0.837. The number of carboxylic acid groups (broad SMARTS) is 1. The number of hydrogen-bond donors (Lipinski definition) is 1. The van der Waals surface area contributed by atoms with Gasteiger partial charge in [-0.15, -0.1) is 0 Å². The standard InChI is InChI=1S/C16H24N2O3/c1-10-9-11(2)17-15(14(10)16(19)20)18(7-8-21-4)12(3)13-5-6-13/h9,12-13H,5-8H2,1-4H3,(H,19,20). The van der Waals surface area contributed by atoms with Crippen LogP contribution in [0.25, 0.3) is 0 Å². The molecule has 1 aliphatic rings. The van der Waals surface area contributed by atoms with Gasteiger partial charge in [0.15, 0.2) is 0 Å². The van der Waals surface area contributed by atoms with E-state index in [9.17, 15) is 9.90 Å². The molecule has 1 saturated carbocycles. The van der Waals surface area contributed by atoms with Crippen molar-refractivity contribution in [3.63, 3.8) is 0 Å². The molecular weight excluding hydrogens is 268 g/mol. The number of carboxylic acids is 1. The Morgan fingerprint density at radius 1 is 1.52 bits per heavy atom. The molecule has 2 rings (SSSR count). The van der Waals surface area contributed by atoms with Gasteiger partial charge in [0.1, 0.15) is 11.4 Å². The first-order valence-corrected chi connectivity index (χ1v) is 7.42. The van der Waals surface area contributed by atoms with Crippen LogP contribution < -0.4 is 4.90 Å². The SMILES string of the molecule is COCCN(c1nc(C)cc(C)c1C(=O)O)C(C)C1CC1. The molecule has 5 heteroatoms. The predicted molar refractivity (Wildman–Crippen MR) is 82.1 cm³/mol. The fourth-order valence-corrected chi connectivity index (χ4v) is 2.81. The topological polar surface area (TPSA) is 62.7 Å². The molecule has 1 aromatic rings. The predicted octanol–water partition coefficient (Wildman–Crippen LogP) is 2.65. The van der Waals surface area contributed by atoms with E-state index in [1.54, 1.807) is 7.11 Å². The van der Waals surface area contributed by atoms with Gasteiger partial charge in [0.25, 0.3) is 0 Å². The Labute approximate surface area is 125 Å². The summed E-state index contributed by atoms with van der Waals surface area (Å²) in [4.78, 5) is 18.3. The van der Waals surface area contributed by atoms with Gasteiger partial charge < -0.3 is 14.7 Å². The summed E-state index contributed by atoms with van der Waals surface area (Å²) >= 11 is 0. The van der Waals surface area contributed by atoms with E-state index in [-0.39, 0.29) is 6.04 Å². The third-order valence-corrected chi connectivity index (χ3v) is 4.14. The van der Waals surface area contributed by atoms with E-state index in [4.69, 9.17) is 4.74 Å². The molecule has 1 aromatic heterocycles. The van der Waals surface area contributed by atoms with E-state index < -0.39 is 5.97 Å².